The minimum absolute atomic E-state index is 0.0741. The molecule has 1 aliphatic rings. The molecule has 0 N–H and O–H groups in total. The zero-order valence-corrected chi connectivity index (χ0v) is 13.9. The molecule has 110 valence electrons. The predicted molar refractivity (Wildman–Crippen MR) is 84.7 cm³/mol. The van der Waals surface area contributed by atoms with Gasteiger partial charge >= 0.3 is 0 Å². The molecule has 0 atom stereocenters. The van der Waals surface area contributed by atoms with Gasteiger partial charge in [0.05, 0.1) is 0 Å². The molecule has 0 aliphatic heterocycles. The number of rotatable bonds is 5. The van der Waals surface area contributed by atoms with Crippen molar-refractivity contribution < 1.29 is 4.79 Å². The van der Waals surface area contributed by atoms with E-state index in [1.54, 1.807) is 6.20 Å². The van der Waals surface area contributed by atoms with Crippen LogP contribution in [0, 0.1) is 5.92 Å². The van der Waals surface area contributed by atoms with Gasteiger partial charge in [0.2, 0.25) is 0 Å². The second-order valence-corrected chi connectivity index (χ2v) is 6.81. The quantitative estimate of drug-likeness (QED) is 0.802. The first-order valence-corrected chi connectivity index (χ1v) is 8.30. The molecule has 1 fully saturated rings. The molecule has 1 heterocycles. The molecule has 0 spiro atoms. The summed E-state index contributed by atoms with van der Waals surface area (Å²) in [5.41, 5.74) is 0.545. The summed E-state index contributed by atoms with van der Waals surface area (Å²) in [6, 6.07) is 4.12. The molecule has 4 heteroatoms. The van der Waals surface area contributed by atoms with Gasteiger partial charge in [0.25, 0.3) is 5.91 Å². The van der Waals surface area contributed by atoms with Crippen LogP contribution in [0.2, 0.25) is 0 Å². The van der Waals surface area contributed by atoms with Crippen molar-refractivity contribution in [2.24, 2.45) is 5.92 Å². The maximum Gasteiger partial charge on any atom is 0.273 e. The highest BCUT2D eigenvalue weighted by Crippen LogP contribution is 2.26. The third-order valence-corrected chi connectivity index (χ3v) is 4.57. The molecule has 2 rings (SSSR count). The van der Waals surface area contributed by atoms with Gasteiger partial charge < -0.3 is 4.90 Å². The SMILES string of the molecule is CC(C)CCN(C(=O)c1ncccc1Br)C1CCCC1. The minimum atomic E-state index is 0.0741. The van der Waals surface area contributed by atoms with E-state index in [9.17, 15) is 4.79 Å². The van der Waals surface area contributed by atoms with E-state index in [0.29, 0.717) is 17.7 Å². The van der Waals surface area contributed by atoms with Crippen molar-refractivity contribution in [2.75, 3.05) is 6.54 Å². The molecule has 0 unspecified atom stereocenters. The molecule has 1 amide bonds. The third kappa shape index (κ3) is 3.81. The van der Waals surface area contributed by atoms with Crippen molar-refractivity contribution in [1.82, 2.24) is 9.88 Å². The molecule has 1 aliphatic carbocycles. The number of hydrogen-bond acceptors (Lipinski definition) is 2. The van der Waals surface area contributed by atoms with Crippen molar-refractivity contribution in [3.63, 3.8) is 0 Å². The van der Waals surface area contributed by atoms with Crippen molar-refractivity contribution >= 4 is 21.8 Å². The first kappa shape index (κ1) is 15.5. The van der Waals surface area contributed by atoms with Gasteiger partial charge in [-0.2, -0.15) is 0 Å². The summed E-state index contributed by atoms with van der Waals surface area (Å²) >= 11 is 3.44. The highest BCUT2D eigenvalue weighted by atomic mass is 79.9. The minimum Gasteiger partial charge on any atom is -0.334 e. The van der Waals surface area contributed by atoms with Gasteiger partial charge in [-0.05, 0) is 53.2 Å². The van der Waals surface area contributed by atoms with Crippen molar-refractivity contribution in [3.8, 4) is 0 Å². The van der Waals surface area contributed by atoms with Crippen molar-refractivity contribution in [3.05, 3.63) is 28.5 Å². The molecular weight excluding hydrogens is 316 g/mol. The number of amides is 1. The molecule has 0 radical (unpaired) electrons. The summed E-state index contributed by atoms with van der Waals surface area (Å²) < 4.78 is 0.789. The Hall–Kier alpha value is -0.900. The highest BCUT2D eigenvalue weighted by molar-refractivity contribution is 9.10. The van der Waals surface area contributed by atoms with Crippen LogP contribution in [0.3, 0.4) is 0 Å². The zero-order chi connectivity index (χ0) is 14.5. The van der Waals surface area contributed by atoms with E-state index >= 15 is 0 Å². The molecule has 0 saturated heterocycles. The number of nitrogens with zero attached hydrogens (tertiary/aromatic N) is 2. The van der Waals surface area contributed by atoms with Crippen LogP contribution in [-0.4, -0.2) is 28.4 Å². The van der Waals surface area contributed by atoms with E-state index in [1.165, 1.54) is 12.8 Å². The van der Waals surface area contributed by atoms with Crippen LogP contribution in [0.5, 0.6) is 0 Å². The highest BCUT2D eigenvalue weighted by Gasteiger charge is 2.28. The Kier molecular flexibility index (Phi) is 5.58. The van der Waals surface area contributed by atoms with Gasteiger partial charge in [-0.15, -0.1) is 0 Å². The van der Waals surface area contributed by atoms with E-state index in [4.69, 9.17) is 0 Å². The van der Waals surface area contributed by atoms with Gasteiger partial charge in [-0.1, -0.05) is 26.7 Å². The molecule has 3 nitrogen and oxygen atoms in total. The number of hydrogen-bond donors (Lipinski definition) is 0. The van der Waals surface area contributed by atoms with Crippen molar-refractivity contribution in [2.45, 2.75) is 52.0 Å². The summed E-state index contributed by atoms with van der Waals surface area (Å²) in [4.78, 5) is 19.1. The molecule has 0 bridgehead atoms. The van der Waals surface area contributed by atoms with Crippen LogP contribution >= 0.6 is 15.9 Å². The lowest BCUT2D eigenvalue weighted by Crippen LogP contribution is -2.40. The molecule has 1 aromatic heterocycles. The summed E-state index contributed by atoms with van der Waals surface area (Å²) in [7, 11) is 0. The molecule has 1 aromatic rings. The number of aromatic nitrogens is 1. The standard InChI is InChI=1S/C16H23BrN2O/c1-12(2)9-11-19(13-6-3-4-7-13)16(20)15-14(17)8-5-10-18-15/h5,8,10,12-13H,3-4,6-7,9,11H2,1-2H3. The molecule has 20 heavy (non-hydrogen) atoms. The van der Waals surface area contributed by atoms with Gasteiger partial charge in [0, 0.05) is 23.3 Å². The zero-order valence-electron chi connectivity index (χ0n) is 12.3. The topological polar surface area (TPSA) is 33.2 Å². The lowest BCUT2D eigenvalue weighted by Gasteiger charge is -2.29. The van der Waals surface area contributed by atoms with Gasteiger partial charge in [0.1, 0.15) is 5.69 Å². The third-order valence-electron chi connectivity index (χ3n) is 3.93. The maximum absolute atomic E-state index is 12.8. The van der Waals surface area contributed by atoms with Gasteiger partial charge in [-0.3, -0.25) is 4.79 Å². The summed E-state index contributed by atoms with van der Waals surface area (Å²) in [6.07, 6.45) is 7.47. The maximum atomic E-state index is 12.8. The van der Waals surface area contributed by atoms with E-state index in [1.807, 2.05) is 12.1 Å². The Morgan fingerprint density at radius 3 is 2.75 bits per heavy atom. The Morgan fingerprint density at radius 1 is 1.45 bits per heavy atom. The Balaban J connectivity index is 2.16. The van der Waals surface area contributed by atoms with Gasteiger partial charge in [-0.25, -0.2) is 4.98 Å². The van der Waals surface area contributed by atoms with Crippen LogP contribution in [0.15, 0.2) is 22.8 Å². The van der Waals surface area contributed by atoms with Crippen LogP contribution in [0.1, 0.15) is 56.4 Å². The lowest BCUT2D eigenvalue weighted by molar-refractivity contribution is 0.0665. The fourth-order valence-corrected chi connectivity index (χ4v) is 3.17. The summed E-state index contributed by atoms with van der Waals surface area (Å²) in [5, 5.41) is 0. The number of carbonyl (C=O) groups excluding carboxylic acids is 1. The van der Waals surface area contributed by atoms with E-state index in [-0.39, 0.29) is 5.91 Å². The molecular formula is C16H23BrN2O. The number of carbonyl (C=O) groups is 1. The van der Waals surface area contributed by atoms with E-state index < -0.39 is 0 Å². The second kappa shape index (κ2) is 7.21. The first-order valence-electron chi connectivity index (χ1n) is 7.51. The van der Waals surface area contributed by atoms with E-state index in [0.717, 1.165) is 30.3 Å². The van der Waals surface area contributed by atoms with E-state index in [2.05, 4.69) is 39.7 Å². The monoisotopic (exact) mass is 338 g/mol. The first-order chi connectivity index (χ1) is 9.59. The Morgan fingerprint density at radius 2 is 2.15 bits per heavy atom. The number of halogens is 1. The van der Waals surface area contributed by atoms with Crippen LogP contribution < -0.4 is 0 Å². The normalized spacial score (nSPS) is 15.8. The molecule has 0 aromatic carbocycles. The largest absolute Gasteiger partial charge is 0.334 e. The van der Waals surface area contributed by atoms with Crippen molar-refractivity contribution in [1.29, 1.82) is 0 Å². The van der Waals surface area contributed by atoms with Gasteiger partial charge in [0.15, 0.2) is 0 Å². The molecule has 1 saturated carbocycles. The predicted octanol–water partition coefficient (Wildman–Crippen LogP) is 4.28. The summed E-state index contributed by atoms with van der Waals surface area (Å²) in [5.74, 6) is 0.684. The van der Waals surface area contributed by atoms with Crippen LogP contribution in [-0.2, 0) is 0 Å². The van der Waals surface area contributed by atoms with Crippen LogP contribution in [0.4, 0.5) is 0 Å². The Labute approximate surface area is 129 Å². The fourth-order valence-electron chi connectivity index (χ4n) is 2.74. The van der Waals surface area contributed by atoms with Crippen LogP contribution in [0.25, 0.3) is 0 Å². The average molecular weight is 339 g/mol. The Bertz CT molecular complexity index is 456. The smallest absolute Gasteiger partial charge is 0.273 e. The summed E-state index contributed by atoms with van der Waals surface area (Å²) in [6.45, 7) is 5.24. The second-order valence-electron chi connectivity index (χ2n) is 5.95. The fraction of sp³-hybridized carbons (Fsp3) is 0.625. The lowest BCUT2D eigenvalue weighted by atomic mass is 10.1. The average Bonchev–Trinajstić information content (AvgIpc) is 2.93. The number of pyridine rings is 1.